The molecule has 1 heterocycles. The van der Waals surface area contributed by atoms with Crippen LogP contribution in [0.4, 0.5) is 0 Å². The molecule has 6 N–H and O–H groups in total. The summed E-state index contributed by atoms with van der Waals surface area (Å²) in [6.45, 7) is 5.81. The smallest absolute Gasteiger partial charge is 0.306 e. The quantitative estimate of drug-likeness (QED) is 0.0195. The Kier molecular flexibility index (Phi) is 57.7. The second kappa shape index (κ2) is 60.9. The summed E-state index contributed by atoms with van der Waals surface area (Å²) in [5.74, 6) is -1.18. The molecule has 0 bridgehead atoms. The summed E-state index contributed by atoms with van der Waals surface area (Å²) in [5, 5.41) is 57.2. The Balaban J connectivity index is 2.53. The molecule has 1 saturated heterocycles. The van der Waals surface area contributed by atoms with Gasteiger partial charge in [0.25, 0.3) is 0 Å². The van der Waals surface area contributed by atoms with Gasteiger partial charge >= 0.3 is 5.97 Å². The maximum atomic E-state index is 13.5. The zero-order chi connectivity index (χ0) is 61.0. The van der Waals surface area contributed by atoms with Crippen molar-refractivity contribution in [2.45, 2.75) is 391 Å². The van der Waals surface area contributed by atoms with Crippen molar-refractivity contribution in [1.82, 2.24) is 5.32 Å². The van der Waals surface area contributed by atoms with Crippen LogP contribution in [0.5, 0.6) is 0 Å². The van der Waals surface area contributed by atoms with Gasteiger partial charge in [0.2, 0.25) is 5.91 Å². The molecule has 0 aromatic carbocycles. The molecule has 0 aromatic rings. The number of carbonyl (C=O) groups is 2. The number of unbranched alkanes of at least 4 members (excludes halogenated alkanes) is 42. The van der Waals surface area contributed by atoms with Gasteiger partial charge in [0.15, 0.2) is 12.4 Å². The monoisotopic (exact) mass is 1190 g/mol. The first-order valence-corrected chi connectivity index (χ1v) is 35.9. The van der Waals surface area contributed by atoms with E-state index in [9.17, 15) is 35.1 Å². The topological polar surface area (TPSA) is 175 Å². The predicted molar refractivity (Wildman–Crippen MR) is 352 cm³/mol. The van der Waals surface area contributed by atoms with Crippen LogP contribution in [0.15, 0.2) is 48.6 Å². The number of hydrogen-bond acceptors (Lipinski definition) is 10. The SMILES string of the molecule is CCCCC/C=C\C/C=C\C/C=C\CCCCCCCCCCCCCCCCC(=O)OC1C(OCC(NC(=O)C(O)CCCCCCCCCCCCCCCCCC)C(O)/C=C/CCCCCCCCCCCC)OC(CO)C(O)C1O. The molecule has 11 nitrogen and oxygen atoms in total. The molecule has 1 amide bonds. The van der Waals surface area contributed by atoms with Crippen molar-refractivity contribution >= 4 is 11.9 Å². The molecular weight excluding hydrogens is 1050 g/mol. The van der Waals surface area contributed by atoms with Crippen LogP contribution in [0.3, 0.4) is 0 Å². The van der Waals surface area contributed by atoms with Gasteiger partial charge in [-0.2, -0.15) is 0 Å². The van der Waals surface area contributed by atoms with Crippen molar-refractivity contribution in [3.05, 3.63) is 48.6 Å². The highest BCUT2D eigenvalue weighted by molar-refractivity contribution is 5.80. The highest BCUT2D eigenvalue weighted by Gasteiger charge is 2.47. The molecule has 8 atom stereocenters. The normalized spacial score (nSPS) is 18.7. The average molecular weight is 1190 g/mol. The lowest BCUT2D eigenvalue weighted by molar-refractivity contribution is -0.305. The van der Waals surface area contributed by atoms with E-state index in [4.69, 9.17) is 14.2 Å². The van der Waals surface area contributed by atoms with E-state index in [1.165, 1.54) is 225 Å². The Bertz CT molecular complexity index is 1550. The van der Waals surface area contributed by atoms with E-state index in [1.54, 1.807) is 6.08 Å². The van der Waals surface area contributed by atoms with Gasteiger partial charge in [0.05, 0.1) is 25.4 Å². The molecule has 0 spiro atoms. The molecule has 8 unspecified atom stereocenters. The fourth-order valence-corrected chi connectivity index (χ4v) is 11.3. The van der Waals surface area contributed by atoms with E-state index in [1.807, 2.05) is 6.08 Å². The van der Waals surface area contributed by atoms with Gasteiger partial charge in [-0.1, -0.05) is 320 Å². The summed E-state index contributed by atoms with van der Waals surface area (Å²) in [6, 6.07) is -1.02. The lowest BCUT2D eigenvalue weighted by Crippen LogP contribution is -2.61. The zero-order valence-electron chi connectivity index (χ0n) is 54.8. The first-order chi connectivity index (χ1) is 41.2. The lowest BCUT2D eigenvalue weighted by Gasteiger charge is -2.41. The Hall–Kier alpha value is -2.38. The summed E-state index contributed by atoms with van der Waals surface area (Å²) in [4.78, 5) is 26.7. The van der Waals surface area contributed by atoms with Crippen molar-refractivity contribution in [2.75, 3.05) is 13.2 Å². The van der Waals surface area contributed by atoms with Gasteiger partial charge < -0.3 is 45.1 Å². The van der Waals surface area contributed by atoms with Crippen LogP contribution in [0.1, 0.15) is 342 Å². The third-order valence-electron chi connectivity index (χ3n) is 17.0. The van der Waals surface area contributed by atoms with Crippen LogP contribution < -0.4 is 5.32 Å². The molecule has 1 aliphatic heterocycles. The number of ether oxygens (including phenoxy) is 3. The van der Waals surface area contributed by atoms with E-state index in [2.05, 4.69) is 62.5 Å². The van der Waals surface area contributed by atoms with Crippen molar-refractivity contribution in [3.8, 4) is 0 Å². The van der Waals surface area contributed by atoms with Crippen LogP contribution in [0.25, 0.3) is 0 Å². The number of aliphatic hydroxyl groups is 5. The van der Waals surface area contributed by atoms with E-state index in [0.29, 0.717) is 19.3 Å². The Morgan fingerprint density at radius 3 is 1.25 bits per heavy atom. The maximum absolute atomic E-state index is 13.5. The van der Waals surface area contributed by atoms with Crippen molar-refractivity contribution in [1.29, 1.82) is 0 Å². The average Bonchev–Trinajstić information content (AvgIpc) is 3.69. The molecule has 0 aliphatic carbocycles. The van der Waals surface area contributed by atoms with E-state index in [-0.39, 0.29) is 13.0 Å². The summed E-state index contributed by atoms with van der Waals surface area (Å²) in [5.41, 5.74) is 0. The highest BCUT2D eigenvalue weighted by Crippen LogP contribution is 2.26. The largest absolute Gasteiger partial charge is 0.454 e. The van der Waals surface area contributed by atoms with Crippen LogP contribution in [-0.2, 0) is 23.8 Å². The Morgan fingerprint density at radius 2 is 0.821 bits per heavy atom. The van der Waals surface area contributed by atoms with Crippen molar-refractivity contribution < 1.29 is 49.3 Å². The number of carbonyl (C=O) groups excluding carboxylic acids is 2. The van der Waals surface area contributed by atoms with Crippen molar-refractivity contribution in [3.63, 3.8) is 0 Å². The van der Waals surface area contributed by atoms with Crippen LogP contribution >= 0.6 is 0 Å². The standard InChI is InChI=1S/C73H135NO10/c1-4-7-10-13-16-19-22-25-27-29-30-31-32-33-34-35-36-37-38-39-41-43-46-49-52-55-58-61-68(78)84-71-70(80)69(79)67(62-75)83-73(71)82-63-64(65(76)59-56-53-50-47-44-24-21-18-15-12-9-6-3)74-72(81)66(77)60-57-54-51-48-45-42-40-28-26-23-20-17-14-11-8-5-2/h16,19,25,27,30-31,56,59,64-67,69-71,73,75-77,79-80H,4-15,17-18,20-24,26,28-29,32-55,57-58,60-63H2,1-3H3,(H,74,81)/b19-16-,27-25-,31-30-,59-56+. The molecular formula is C73H135NO10. The second-order valence-electron chi connectivity index (χ2n) is 25.0. The van der Waals surface area contributed by atoms with Gasteiger partial charge in [0, 0.05) is 6.42 Å². The van der Waals surface area contributed by atoms with Gasteiger partial charge in [-0.25, -0.2) is 0 Å². The molecule has 1 aliphatic rings. The first kappa shape index (κ1) is 79.6. The summed E-state index contributed by atoms with van der Waals surface area (Å²) in [6.07, 6.45) is 65.8. The van der Waals surface area contributed by atoms with Gasteiger partial charge in [0.1, 0.15) is 24.4 Å². The fraction of sp³-hybridized carbons (Fsp3) is 0.863. The number of aliphatic hydroxyl groups excluding tert-OH is 5. The van der Waals surface area contributed by atoms with Gasteiger partial charge in [-0.3, -0.25) is 9.59 Å². The van der Waals surface area contributed by atoms with Crippen LogP contribution in [-0.4, -0.2) is 99.6 Å². The summed E-state index contributed by atoms with van der Waals surface area (Å²) < 4.78 is 17.7. The Labute approximate surface area is 516 Å². The molecule has 0 aromatic heterocycles. The summed E-state index contributed by atoms with van der Waals surface area (Å²) in [7, 11) is 0. The van der Waals surface area contributed by atoms with E-state index >= 15 is 0 Å². The molecule has 492 valence electrons. The van der Waals surface area contributed by atoms with Gasteiger partial charge in [-0.15, -0.1) is 0 Å². The molecule has 0 saturated carbocycles. The maximum Gasteiger partial charge on any atom is 0.306 e. The molecule has 1 rings (SSSR count). The Morgan fingerprint density at radius 1 is 0.464 bits per heavy atom. The highest BCUT2D eigenvalue weighted by atomic mass is 16.7. The van der Waals surface area contributed by atoms with Crippen LogP contribution in [0.2, 0.25) is 0 Å². The third-order valence-corrected chi connectivity index (χ3v) is 17.0. The minimum Gasteiger partial charge on any atom is -0.454 e. The third kappa shape index (κ3) is 47.7. The van der Waals surface area contributed by atoms with E-state index < -0.39 is 67.4 Å². The first-order valence-electron chi connectivity index (χ1n) is 35.9. The lowest BCUT2D eigenvalue weighted by atomic mass is 9.99. The van der Waals surface area contributed by atoms with Gasteiger partial charge in [-0.05, 0) is 64.2 Å². The molecule has 11 heteroatoms. The zero-order valence-corrected chi connectivity index (χ0v) is 54.8. The summed E-state index contributed by atoms with van der Waals surface area (Å²) >= 11 is 0. The number of hydrogen-bond donors (Lipinski definition) is 6. The molecule has 1 fully saturated rings. The number of allylic oxidation sites excluding steroid dienone is 7. The van der Waals surface area contributed by atoms with Crippen molar-refractivity contribution in [2.24, 2.45) is 0 Å². The number of esters is 1. The predicted octanol–water partition coefficient (Wildman–Crippen LogP) is 18.3. The van der Waals surface area contributed by atoms with E-state index in [0.717, 1.165) is 70.6 Å². The number of rotatable bonds is 62. The number of nitrogens with one attached hydrogen (secondary N) is 1. The minimum absolute atomic E-state index is 0.125. The van der Waals surface area contributed by atoms with Crippen LogP contribution in [0, 0.1) is 0 Å². The molecule has 84 heavy (non-hydrogen) atoms. The second-order valence-corrected chi connectivity index (χ2v) is 25.0. The number of amides is 1. The fourth-order valence-electron chi connectivity index (χ4n) is 11.3. The molecule has 0 radical (unpaired) electrons. The minimum atomic E-state index is -1.61.